The first kappa shape index (κ1) is 27.3. The van der Waals surface area contributed by atoms with Gasteiger partial charge in [-0.05, 0) is 46.7 Å². The van der Waals surface area contributed by atoms with E-state index >= 15 is 0 Å². The average molecular weight is 534 g/mol. The molecule has 3 aromatic carbocycles. The summed E-state index contributed by atoms with van der Waals surface area (Å²) < 4.78 is 10.8. The Morgan fingerprint density at radius 3 is 2.08 bits per heavy atom. The van der Waals surface area contributed by atoms with Crippen LogP contribution in [0.15, 0.2) is 66.2 Å². The van der Waals surface area contributed by atoms with Crippen molar-refractivity contribution in [3.05, 3.63) is 93.5 Å². The quantitative estimate of drug-likeness (QED) is 0.213. The first-order valence-electron chi connectivity index (χ1n) is 12.4. The molecular weight excluding hydrogens is 502 g/mol. The molecule has 198 valence electrons. The molecule has 7 heteroatoms. The standard InChI is InChI=1S/C31H32ClNO5/c1-7-18-8-10-19(11-9-18)27-26(28(34)22-16-25(38-6)23(32)17-24(22)37-5)29(35)30(36)33(27)21-14-12-20(13-15-21)31(2,3)4/h8-17,27,34H,7H2,1-6H3/b28-26+. The highest BCUT2D eigenvalue weighted by Gasteiger charge is 2.47. The van der Waals surface area contributed by atoms with Crippen molar-refractivity contribution < 1.29 is 24.2 Å². The lowest BCUT2D eigenvalue weighted by molar-refractivity contribution is -0.132. The number of aliphatic hydroxyl groups excluding tert-OH is 1. The predicted molar refractivity (Wildman–Crippen MR) is 150 cm³/mol. The van der Waals surface area contributed by atoms with Crippen LogP contribution in [0.1, 0.15) is 56.0 Å². The first-order valence-corrected chi connectivity index (χ1v) is 12.8. The molecule has 1 aliphatic heterocycles. The minimum atomic E-state index is -0.854. The third-order valence-corrected chi connectivity index (χ3v) is 7.18. The zero-order valence-electron chi connectivity index (χ0n) is 22.5. The number of halogens is 1. The lowest BCUT2D eigenvalue weighted by atomic mass is 9.87. The summed E-state index contributed by atoms with van der Waals surface area (Å²) in [6, 6.07) is 17.4. The van der Waals surface area contributed by atoms with Gasteiger partial charge in [0, 0.05) is 11.8 Å². The molecule has 1 unspecified atom stereocenters. The van der Waals surface area contributed by atoms with E-state index < -0.39 is 17.7 Å². The van der Waals surface area contributed by atoms with Crippen LogP contribution in [0, 0.1) is 0 Å². The first-order chi connectivity index (χ1) is 18.0. The van der Waals surface area contributed by atoms with Gasteiger partial charge in [-0.25, -0.2) is 0 Å². The molecule has 0 bridgehead atoms. The normalized spacial score (nSPS) is 17.1. The Labute approximate surface area is 228 Å². The van der Waals surface area contributed by atoms with E-state index in [2.05, 4.69) is 27.7 Å². The van der Waals surface area contributed by atoms with Crippen LogP contribution in [-0.4, -0.2) is 31.0 Å². The number of hydrogen-bond acceptors (Lipinski definition) is 5. The second kappa shape index (κ2) is 10.5. The summed E-state index contributed by atoms with van der Waals surface area (Å²) in [7, 11) is 2.89. The van der Waals surface area contributed by atoms with E-state index in [1.165, 1.54) is 31.3 Å². The van der Waals surface area contributed by atoms with E-state index in [1.54, 1.807) is 0 Å². The number of nitrogens with zero attached hydrogens (tertiary/aromatic N) is 1. The van der Waals surface area contributed by atoms with Crippen molar-refractivity contribution in [2.45, 2.75) is 45.6 Å². The van der Waals surface area contributed by atoms with Crippen molar-refractivity contribution in [1.29, 1.82) is 0 Å². The number of aliphatic hydroxyl groups is 1. The molecule has 1 aliphatic rings. The highest BCUT2D eigenvalue weighted by atomic mass is 35.5. The van der Waals surface area contributed by atoms with Crippen molar-refractivity contribution >= 4 is 34.7 Å². The van der Waals surface area contributed by atoms with Gasteiger partial charge in [-0.3, -0.25) is 14.5 Å². The Balaban J connectivity index is 1.96. The van der Waals surface area contributed by atoms with Crippen molar-refractivity contribution in [1.82, 2.24) is 0 Å². The van der Waals surface area contributed by atoms with E-state index in [4.69, 9.17) is 21.1 Å². The van der Waals surface area contributed by atoms with Gasteiger partial charge in [-0.1, -0.05) is 75.7 Å². The van der Waals surface area contributed by atoms with Crippen molar-refractivity contribution in [2.75, 3.05) is 19.1 Å². The van der Waals surface area contributed by atoms with E-state index in [0.717, 1.165) is 17.5 Å². The number of rotatable bonds is 6. The Morgan fingerprint density at radius 2 is 1.55 bits per heavy atom. The molecule has 38 heavy (non-hydrogen) atoms. The summed E-state index contributed by atoms with van der Waals surface area (Å²) in [5.74, 6) is -1.34. The number of anilines is 1. The lowest BCUT2D eigenvalue weighted by Gasteiger charge is -2.27. The zero-order valence-corrected chi connectivity index (χ0v) is 23.2. The van der Waals surface area contributed by atoms with Crippen LogP contribution in [0.3, 0.4) is 0 Å². The Bertz CT molecular complexity index is 1400. The number of ketones is 1. The summed E-state index contributed by atoms with van der Waals surface area (Å²) in [5, 5.41) is 11.9. The van der Waals surface area contributed by atoms with Crippen LogP contribution in [-0.2, 0) is 21.4 Å². The second-order valence-corrected chi connectivity index (χ2v) is 10.7. The van der Waals surface area contributed by atoms with E-state index in [9.17, 15) is 14.7 Å². The van der Waals surface area contributed by atoms with Crippen LogP contribution < -0.4 is 14.4 Å². The fraction of sp³-hybridized carbons (Fsp3) is 0.290. The monoisotopic (exact) mass is 533 g/mol. The molecule has 0 radical (unpaired) electrons. The summed E-state index contributed by atoms with van der Waals surface area (Å²) >= 11 is 6.27. The van der Waals surface area contributed by atoms with Gasteiger partial charge in [0.2, 0.25) is 0 Å². The SMILES string of the molecule is CCc1ccc(C2/C(=C(\O)c3cc(OC)c(Cl)cc3OC)C(=O)C(=O)N2c2ccc(C(C)(C)C)cc2)cc1. The molecule has 1 N–H and O–H groups in total. The molecule has 1 saturated heterocycles. The second-order valence-electron chi connectivity index (χ2n) is 10.2. The number of ether oxygens (including phenoxy) is 2. The summed E-state index contributed by atoms with van der Waals surface area (Å²) in [6.07, 6.45) is 0.844. The van der Waals surface area contributed by atoms with Gasteiger partial charge in [-0.15, -0.1) is 0 Å². The maximum atomic E-state index is 13.6. The maximum Gasteiger partial charge on any atom is 0.300 e. The topological polar surface area (TPSA) is 76.1 Å². The molecule has 1 amide bonds. The van der Waals surface area contributed by atoms with Gasteiger partial charge in [-0.2, -0.15) is 0 Å². The highest BCUT2D eigenvalue weighted by molar-refractivity contribution is 6.51. The molecule has 4 rings (SSSR count). The Morgan fingerprint density at radius 1 is 0.947 bits per heavy atom. The van der Waals surface area contributed by atoms with Crippen LogP contribution in [0.5, 0.6) is 11.5 Å². The molecule has 0 spiro atoms. The minimum absolute atomic E-state index is 0.0400. The third-order valence-electron chi connectivity index (χ3n) is 6.89. The number of benzene rings is 3. The third kappa shape index (κ3) is 4.88. The van der Waals surface area contributed by atoms with Crippen LogP contribution in [0.25, 0.3) is 5.76 Å². The predicted octanol–water partition coefficient (Wildman–Crippen LogP) is 6.84. The van der Waals surface area contributed by atoms with E-state index in [0.29, 0.717) is 17.0 Å². The fourth-order valence-corrected chi connectivity index (χ4v) is 4.89. The molecule has 0 aliphatic carbocycles. The molecule has 0 aromatic heterocycles. The fourth-order valence-electron chi connectivity index (χ4n) is 4.66. The lowest BCUT2D eigenvalue weighted by Crippen LogP contribution is -2.29. The Kier molecular flexibility index (Phi) is 7.56. The van der Waals surface area contributed by atoms with Gasteiger partial charge in [0.15, 0.2) is 0 Å². The van der Waals surface area contributed by atoms with Crippen LogP contribution >= 0.6 is 11.6 Å². The Hall–Kier alpha value is -3.77. The number of methoxy groups -OCH3 is 2. The molecule has 1 fully saturated rings. The summed E-state index contributed by atoms with van der Waals surface area (Å²) in [6.45, 7) is 8.38. The van der Waals surface area contributed by atoms with Gasteiger partial charge < -0.3 is 14.6 Å². The maximum absolute atomic E-state index is 13.6. The van der Waals surface area contributed by atoms with Crippen molar-refractivity contribution in [2.24, 2.45) is 0 Å². The number of hydrogen-bond donors (Lipinski definition) is 1. The zero-order chi connectivity index (χ0) is 27.8. The number of carbonyl (C=O) groups is 2. The highest BCUT2D eigenvalue weighted by Crippen LogP contribution is 2.45. The van der Waals surface area contributed by atoms with Gasteiger partial charge in [0.25, 0.3) is 11.7 Å². The van der Waals surface area contributed by atoms with Crippen LogP contribution in [0.4, 0.5) is 5.69 Å². The van der Waals surface area contributed by atoms with Crippen molar-refractivity contribution in [3.8, 4) is 11.5 Å². The number of Topliss-reactive ketones (excluding diaryl/α,β-unsaturated/α-hetero) is 1. The number of aryl methyl sites for hydroxylation is 1. The summed E-state index contributed by atoms with van der Waals surface area (Å²) in [5.41, 5.74) is 3.55. The van der Waals surface area contributed by atoms with Gasteiger partial charge in [0.05, 0.1) is 36.4 Å². The van der Waals surface area contributed by atoms with E-state index in [-0.39, 0.29) is 33.1 Å². The van der Waals surface area contributed by atoms with Gasteiger partial charge >= 0.3 is 0 Å². The van der Waals surface area contributed by atoms with Crippen molar-refractivity contribution in [3.63, 3.8) is 0 Å². The average Bonchev–Trinajstić information content (AvgIpc) is 3.17. The molecule has 6 nitrogen and oxygen atoms in total. The van der Waals surface area contributed by atoms with Crippen LogP contribution in [0.2, 0.25) is 5.02 Å². The van der Waals surface area contributed by atoms with E-state index in [1.807, 2.05) is 48.5 Å². The summed E-state index contributed by atoms with van der Waals surface area (Å²) in [4.78, 5) is 28.5. The smallest absolute Gasteiger partial charge is 0.300 e. The largest absolute Gasteiger partial charge is 0.507 e. The molecule has 0 saturated carbocycles. The number of amides is 1. The number of carbonyl (C=O) groups excluding carboxylic acids is 2. The van der Waals surface area contributed by atoms with Gasteiger partial charge in [0.1, 0.15) is 17.3 Å². The molecule has 3 aromatic rings. The minimum Gasteiger partial charge on any atom is -0.507 e. The molecule has 1 atom stereocenters. The molecule has 1 heterocycles. The molecular formula is C31H32ClNO5.